The van der Waals surface area contributed by atoms with E-state index in [1.165, 1.54) is 11.1 Å². The normalized spacial score (nSPS) is 10.3. The van der Waals surface area contributed by atoms with Gasteiger partial charge in [0.15, 0.2) is 0 Å². The molecule has 0 aliphatic carbocycles. The fraction of sp³-hybridized carbons (Fsp3) is 0.312. The molecule has 0 spiro atoms. The number of aliphatic hydroxyl groups excluding tert-OH is 1. The molecule has 1 aromatic carbocycles. The van der Waals surface area contributed by atoms with Gasteiger partial charge in [-0.1, -0.05) is 12.1 Å². The van der Waals surface area contributed by atoms with E-state index in [4.69, 9.17) is 10.4 Å². The first-order chi connectivity index (χ1) is 9.63. The quantitative estimate of drug-likeness (QED) is 0.924. The van der Waals surface area contributed by atoms with Crippen molar-refractivity contribution in [1.82, 2.24) is 9.97 Å². The van der Waals surface area contributed by atoms with Crippen LogP contribution in [0.2, 0.25) is 0 Å². The Bertz CT molecular complexity index is 659. The standard InChI is InChI=1S/C16H17N3O/c1-11-5-6-13(8-12(11)2)15-9-14(4-3-7-20)18-16(10-17)19-15/h5-6,8-9,20H,3-4,7H2,1-2H3. The zero-order valence-corrected chi connectivity index (χ0v) is 11.7. The Balaban J connectivity index is 2.44. The van der Waals surface area contributed by atoms with Crippen LogP contribution in [0.15, 0.2) is 24.3 Å². The molecule has 0 amide bonds. The van der Waals surface area contributed by atoms with E-state index in [1.807, 2.05) is 24.3 Å². The van der Waals surface area contributed by atoms with Crippen LogP contribution in [0.3, 0.4) is 0 Å². The fourth-order valence-electron chi connectivity index (χ4n) is 1.98. The van der Waals surface area contributed by atoms with Gasteiger partial charge in [-0.3, -0.25) is 0 Å². The second-order valence-electron chi connectivity index (χ2n) is 4.81. The first-order valence-electron chi connectivity index (χ1n) is 6.60. The molecule has 2 aromatic rings. The molecule has 4 nitrogen and oxygen atoms in total. The van der Waals surface area contributed by atoms with Crippen LogP contribution in [0.4, 0.5) is 0 Å². The summed E-state index contributed by atoms with van der Waals surface area (Å²) in [5.74, 6) is 0.175. The van der Waals surface area contributed by atoms with Gasteiger partial charge < -0.3 is 5.11 Å². The Labute approximate surface area is 118 Å². The predicted octanol–water partition coefficient (Wildman–Crippen LogP) is 2.56. The van der Waals surface area contributed by atoms with E-state index in [1.54, 1.807) is 0 Å². The van der Waals surface area contributed by atoms with Gasteiger partial charge in [0.2, 0.25) is 5.82 Å². The van der Waals surface area contributed by atoms with Crippen molar-refractivity contribution in [3.63, 3.8) is 0 Å². The zero-order chi connectivity index (χ0) is 14.5. The van der Waals surface area contributed by atoms with Crippen LogP contribution in [-0.4, -0.2) is 21.7 Å². The van der Waals surface area contributed by atoms with Crippen LogP contribution in [0.25, 0.3) is 11.3 Å². The van der Waals surface area contributed by atoms with Crippen molar-refractivity contribution in [2.45, 2.75) is 26.7 Å². The lowest BCUT2D eigenvalue weighted by molar-refractivity contribution is 0.288. The van der Waals surface area contributed by atoms with Crippen LogP contribution < -0.4 is 0 Å². The Kier molecular flexibility index (Phi) is 4.44. The summed E-state index contributed by atoms with van der Waals surface area (Å²) in [6, 6.07) is 10.00. The molecule has 20 heavy (non-hydrogen) atoms. The van der Waals surface area contributed by atoms with Crippen molar-refractivity contribution in [2.75, 3.05) is 6.61 Å². The van der Waals surface area contributed by atoms with Gasteiger partial charge in [-0.25, -0.2) is 9.97 Å². The molecule has 0 saturated heterocycles. The Morgan fingerprint density at radius 3 is 2.60 bits per heavy atom. The lowest BCUT2D eigenvalue weighted by Crippen LogP contribution is -2.00. The highest BCUT2D eigenvalue weighted by Crippen LogP contribution is 2.21. The third-order valence-corrected chi connectivity index (χ3v) is 3.27. The van der Waals surface area contributed by atoms with Gasteiger partial charge in [-0.2, -0.15) is 5.26 Å². The number of rotatable bonds is 4. The number of benzene rings is 1. The van der Waals surface area contributed by atoms with Gasteiger partial charge in [-0.15, -0.1) is 0 Å². The largest absolute Gasteiger partial charge is 0.396 e. The third-order valence-electron chi connectivity index (χ3n) is 3.27. The first-order valence-corrected chi connectivity index (χ1v) is 6.60. The molecule has 0 fully saturated rings. The summed E-state index contributed by atoms with van der Waals surface area (Å²) in [5.41, 5.74) is 4.95. The number of aryl methyl sites for hydroxylation is 3. The number of hydrogen-bond acceptors (Lipinski definition) is 4. The first kappa shape index (κ1) is 14.2. The molecule has 0 aliphatic heterocycles. The van der Waals surface area contributed by atoms with Crippen LogP contribution in [0.1, 0.15) is 29.1 Å². The maximum atomic E-state index is 9.03. The van der Waals surface area contributed by atoms with E-state index in [0.29, 0.717) is 12.8 Å². The highest BCUT2D eigenvalue weighted by Gasteiger charge is 2.07. The van der Waals surface area contributed by atoms with Gasteiger partial charge in [0, 0.05) is 17.9 Å². The minimum absolute atomic E-state index is 0.116. The smallest absolute Gasteiger partial charge is 0.232 e. The summed E-state index contributed by atoms with van der Waals surface area (Å²) in [6.07, 6.45) is 1.28. The maximum Gasteiger partial charge on any atom is 0.232 e. The highest BCUT2D eigenvalue weighted by molar-refractivity contribution is 5.61. The van der Waals surface area contributed by atoms with E-state index in [-0.39, 0.29) is 12.4 Å². The van der Waals surface area contributed by atoms with Crippen LogP contribution in [0.5, 0.6) is 0 Å². The monoisotopic (exact) mass is 267 g/mol. The highest BCUT2D eigenvalue weighted by atomic mass is 16.2. The van der Waals surface area contributed by atoms with E-state index in [9.17, 15) is 0 Å². The molecule has 1 aromatic heterocycles. The SMILES string of the molecule is Cc1ccc(-c2cc(CCCO)nc(C#N)n2)cc1C. The van der Waals surface area contributed by atoms with Crippen molar-refractivity contribution in [3.05, 3.63) is 46.9 Å². The topological polar surface area (TPSA) is 69.8 Å². The van der Waals surface area contributed by atoms with E-state index in [0.717, 1.165) is 17.0 Å². The molecule has 0 bridgehead atoms. The van der Waals surface area contributed by atoms with Crippen molar-refractivity contribution < 1.29 is 5.11 Å². The average molecular weight is 267 g/mol. The van der Waals surface area contributed by atoms with Gasteiger partial charge in [-0.05, 0) is 49.9 Å². The molecule has 0 atom stereocenters. The van der Waals surface area contributed by atoms with Gasteiger partial charge in [0.05, 0.1) is 5.69 Å². The number of aromatic nitrogens is 2. The summed E-state index contributed by atoms with van der Waals surface area (Å²) in [5, 5.41) is 17.9. The van der Waals surface area contributed by atoms with Crippen molar-refractivity contribution in [1.29, 1.82) is 5.26 Å². The number of aliphatic hydroxyl groups is 1. The van der Waals surface area contributed by atoms with Crippen molar-refractivity contribution in [3.8, 4) is 17.3 Å². The van der Waals surface area contributed by atoms with Crippen LogP contribution in [-0.2, 0) is 6.42 Å². The second kappa shape index (κ2) is 6.27. The molecule has 0 aliphatic rings. The fourth-order valence-corrected chi connectivity index (χ4v) is 1.98. The summed E-state index contributed by atoms with van der Waals surface area (Å²) >= 11 is 0. The molecule has 0 saturated carbocycles. The summed E-state index contributed by atoms with van der Waals surface area (Å²) in [4.78, 5) is 8.44. The minimum atomic E-state index is 0.116. The number of nitriles is 1. The Morgan fingerprint density at radius 2 is 1.95 bits per heavy atom. The minimum Gasteiger partial charge on any atom is -0.396 e. The molecule has 1 heterocycles. The lowest BCUT2D eigenvalue weighted by Gasteiger charge is -2.07. The summed E-state index contributed by atoms with van der Waals surface area (Å²) in [6.45, 7) is 4.23. The molecule has 2 rings (SSSR count). The Hall–Kier alpha value is -2.25. The average Bonchev–Trinajstić information content (AvgIpc) is 2.47. The maximum absolute atomic E-state index is 9.03. The van der Waals surface area contributed by atoms with Crippen LogP contribution >= 0.6 is 0 Å². The van der Waals surface area contributed by atoms with Crippen molar-refractivity contribution in [2.24, 2.45) is 0 Å². The van der Waals surface area contributed by atoms with Crippen LogP contribution in [0, 0.1) is 25.2 Å². The number of nitrogens with zero attached hydrogens (tertiary/aromatic N) is 3. The third kappa shape index (κ3) is 3.19. The lowest BCUT2D eigenvalue weighted by atomic mass is 10.0. The predicted molar refractivity (Wildman–Crippen MR) is 77.1 cm³/mol. The Morgan fingerprint density at radius 1 is 1.15 bits per heavy atom. The van der Waals surface area contributed by atoms with E-state index < -0.39 is 0 Å². The van der Waals surface area contributed by atoms with Gasteiger partial charge >= 0.3 is 0 Å². The molecule has 1 N–H and O–H groups in total. The van der Waals surface area contributed by atoms with E-state index >= 15 is 0 Å². The molecule has 4 heteroatoms. The second-order valence-corrected chi connectivity index (χ2v) is 4.81. The summed E-state index contributed by atoms with van der Waals surface area (Å²) in [7, 11) is 0. The number of hydrogen-bond donors (Lipinski definition) is 1. The zero-order valence-electron chi connectivity index (χ0n) is 11.7. The van der Waals surface area contributed by atoms with Gasteiger partial charge in [0.25, 0.3) is 0 Å². The molecular formula is C16H17N3O. The van der Waals surface area contributed by atoms with Gasteiger partial charge in [0.1, 0.15) is 6.07 Å². The summed E-state index contributed by atoms with van der Waals surface area (Å²) < 4.78 is 0. The van der Waals surface area contributed by atoms with Crippen molar-refractivity contribution >= 4 is 0 Å². The molecule has 0 radical (unpaired) electrons. The van der Waals surface area contributed by atoms with E-state index in [2.05, 4.69) is 29.9 Å². The molecule has 102 valence electrons. The molecular weight excluding hydrogens is 250 g/mol. The molecule has 0 unspecified atom stereocenters.